The van der Waals surface area contributed by atoms with E-state index in [-0.39, 0.29) is 10.8 Å². The number of nitrogens with two attached hydrogens (primary N) is 1. The zero-order valence-electron chi connectivity index (χ0n) is 10.5. The van der Waals surface area contributed by atoms with Gasteiger partial charge in [0.15, 0.2) is 0 Å². The van der Waals surface area contributed by atoms with Crippen molar-refractivity contribution in [2.24, 2.45) is 18.1 Å². The third-order valence-electron chi connectivity index (χ3n) is 3.10. The Hall–Kier alpha value is -1.34. The normalized spacial score (nSPS) is 15.7. The van der Waals surface area contributed by atoms with Crippen molar-refractivity contribution in [3.8, 4) is 0 Å². The Balaban J connectivity index is 2.21. The third kappa shape index (κ3) is 2.73. The molecule has 6 nitrogen and oxygen atoms in total. The summed E-state index contributed by atoms with van der Waals surface area (Å²) in [4.78, 5) is 13.7. The molecule has 1 aromatic heterocycles. The van der Waals surface area contributed by atoms with Gasteiger partial charge in [-0.05, 0) is 24.8 Å². The van der Waals surface area contributed by atoms with Gasteiger partial charge < -0.3 is 9.47 Å². The van der Waals surface area contributed by atoms with Crippen LogP contribution in [0.5, 0.6) is 0 Å². The average Bonchev–Trinajstić information content (AvgIpc) is 2.96. The molecule has 0 saturated heterocycles. The van der Waals surface area contributed by atoms with Crippen LogP contribution in [0.4, 0.5) is 0 Å². The van der Waals surface area contributed by atoms with Crippen LogP contribution in [0.2, 0.25) is 0 Å². The molecule has 0 radical (unpaired) electrons. The van der Waals surface area contributed by atoms with Crippen molar-refractivity contribution in [3.63, 3.8) is 0 Å². The molecule has 1 aliphatic carbocycles. The molecule has 0 atom stereocenters. The van der Waals surface area contributed by atoms with Crippen LogP contribution in [-0.2, 0) is 17.1 Å². The maximum absolute atomic E-state index is 12.1. The van der Waals surface area contributed by atoms with Crippen molar-refractivity contribution in [3.05, 3.63) is 18.0 Å². The smallest absolute Gasteiger partial charge is 0.270 e. The Morgan fingerprint density at radius 2 is 2.17 bits per heavy atom. The van der Waals surface area contributed by atoms with Crippen LogP contribution in [0.1, 0.15) is 23.3 Å². The van der Waals surface area contributed by atoms with Crippen LogP contribution < -0.4 is 5.14 Å². The molecule has 1 fully saturated rings. The van der Waals surface area contributed by atoms with Gasteiger partial charge in [0, 0.05) is 26.8 Å². The monoisotopic (exact) mass is 271 g/mol. The minimum Gasteiger partial charge on any atom is -0.345 e. The standard InChI is InChI=1S/C11H17N3O3S/c1-13-7-9(18(12,16)17)5-10(13)11(15)14(2)6-8-3-4-8/h5,7-8H,3-4,6H2,1-2H3,(H2,12,16,17). The first-order valence-electron chi connectivity index (χ1n) is 5.73. The highest BCUT2D eigenvalue weighted by atomic mass is 32.2. The molecule has 7 heteroatoms. The molecule has 1 aliphatic rings. The second-order valence-corrected chi connectivity index (χ2v) is 6.41. The number of carbonyl (C=O) groups excluding carboxylic acids is 1. The summed E-state index contributed by atoms with van der Waals surface area (Å²) in [6.45, 7) is 0.717. The summed E-state index contributed by atoms with van der Waals surface area (Å²) in [5, 5.41) is 5.04. The van der Waals surface area contributed by atoms with Gasteiger partial charge in [-0.1, -0.05) is 0 Å². The highest BCUT2D eigenvalue weighted by molar-refractivity contribution is 7.89. The molecule has 0 aromatic carbocycles. The number of carbonyl (C=O) groups is 1. The van der Waals surface area contributed by atoms with Crippen molar-refractivity contribution in [2.75, 3.05) is 13.6 Å². The first-order valence-corrected chi connectivity index (χ1v) is 7.28. The maximum Gasteiger partial charge on any atom is 0.270 e. The van der Waals surface area contributed by atoms with Gasteiger partial charge in [-0.25, -0.2) is 13.6 Å². The van der Waals surface area contributed by atoms with Gasteiger partial charge in [0.1, 0.15) is 10.6 Å². The summed E-state index contributed by atoms with van der Waals surface area (Å²) in [7, 11) is -0.408. The second kappa shape index (κ2) is 4.40. The van der Waals surface area contributed by atoms with Crippen molar-refractivity contribution in [2.45, 2.75) is 17.7 Å². The van der Waals surface area contributed by atoms with E-state index >= 15 is 0 Å². The van der Waals surface area contributed by atoms with E-state index in [9.17, 15) is 13.2 Å². The van der Waals surface area contributed by atoms with E-state index in [0.29, 0.717) is 18.2 Å². The van der Waals surface area contributed by atoms with Crippen LogP contribution in [0, 0.1) is 5.92 Å². The SMILES string of the molecule is CN(CC1CC1)C(=O)c1cc(S(N)(=O)=O)cn1C. The molecule has 100 valence electrons. The number of hydrogen-bond donors (Lipinski definition) is 1. The Bertz CT molecular complexity index is 572. The van der Waals surface area contributed by atoms with Crippen LogP contribution >= 0.6 is 0 Å². The summed E-state index contributed by atoms with van der Waals surface area (Å²) < 4.78 is 23.9. The largest absolute Gasteiger partial charge is 0.345 e. The highest BCUT2D eigenvalue weighted by Crippen LogP contribution is 2.29. The lowest BCUT2D eigenvalue weighted by atomic mass is 10.3. The minimum atomic E-state index is -3.77. The number of primary sulfonamides is 1. The molecule has 0 spiro atoms. The van der Waals surface area contributed by atoms with Gasteiger partial charge in [0.05, 0.1) is 0 Å². The summed E-state index contributed by atoms with van der Waals surface area (Å²) in [6.07, 6.45) is 3.67. The highest BCUT2D eigenvalue weighted by Gasteiger charge is 2.26. The van der Waals surface area contributed by atoms with Crippen molar-refractivity contribution in [1.29, 1.82) is 0 Å². The first-order chi connectivity index (χ1) is 8.29. The van der Waals surface area contributed by atoms with Crippen molar-refractivity contribution < 1.29 is 13.2 Å². The van der Waals surface area contributed by atoms with E-state index in [2.05, 4.69) is 0 Å². The molecule has 1 aromatic rings. The van der Waals surface area contributed by atoms with Crippen LogP contribution in [-0.4, -0.2) is 37.4 Å². The zero-order valence-corrected chi connectivity index (χ0v) is 11.3. The van der Waals surface area contributed by atoms with Gasteiger partial charge in [0.25, 0.3) is 5.91 Å². The molecule has 0 bridgehead atoms. The van der Waals surface area contributed by atoms with E-state index in [1.807, 2.05) is 0 Å². The molecule has 18 heavy (non-hydrogen) atoms. The lowest BCUT2D eigenvalue weighted by Gasteiger charge is -2.16. The van der Waals surface area contributed by atoms with E-state index in [4.69, 9.17) is 5.14 Å². The number of sulfonamides is 1. The lowest BCUT2D eigenvalue weighted by molar-refractivity contribution is 0.0779. The Labute approximate surface area is 106 Å². The molecule has 0 aliphatic heterocycles. The van der Waals surface area contributed by atoms with Crippen LogP contribution in [0.15, 0.2) is 17.2 Å². The van der Waals surface area contributed by atoms with E-state index < -0.39 is 10.0 Å². The predicted molar refractivity (Wildman–Crippen MR) is 66.5 cm³/mol. The molecular weight excluding hydrogens is 254 g/mol. The number of aromatic nitrogens is 1. The quantitative estimate of drug-likeness (QED) is 0.846. The maximum atomic E-state index is 12.1. The number of nitrogens with zero attached hydrogens (tertiary/aromatic N) is 2. The number of hydrogen-bond acceptors (Lipinski definition) is 3. The van der Waals surface area contributed by atoms with Crippen LogP contribution in [0.25, 0.3) is 0 Å². The Kier molecular flexibility index (Phi) is 3.20. The fourth-order valence-corrected chi connectivity index (χ4v) is 2.45. The lowest BCUT2D eigenvalue weighted by Crippen LogP contribution is -2.30. The van der Waals surface area contributed by atoms with Crippen LogP contribution in [0.3, 0.4) is 0 Å². The summed E-state index contributed by atoms with van der Waals surface area (Å²) in [5.74, 6) is 0.413. The number of aryl methyl sites for hydroxylation is 1. The number of rotatable bonds is 4. The molecule has 0 unspecified atom stereocenters. The average molecular weight is 271 g/mol. The third-order valence-corrected chi connectivity index (χ3v) is 3.98. The molecule has 1 amide bonds. The van der Waals surface area contributed by atoms with Gasteiger partial charge in [0.2, 0.25) is 10.0 Å². The first kappa shape index (κ1) is 13.1. The zero-order chi connectivity index (χ0) is 13.5. The van der Waals surface area contributed by atoms with Gasteiger partial charge in [-0.15, -0.1) is 0 Å². The summed E-state index contributed by atoms with van der Waals surface area (Å²) in [6, 6.07) is 1.32. The van der Waals surface area contributed by atoms with E-state index in [1.54, 1.807) is 19.0 Å². The van der Waals surface area contributed by atoms with Gasteiger partial charge in [-0.2, -0.15) is 0 Å². The number of amides is 1. The summed E-state index contributed by atoms with van der Waals surface area (Å²) in [5.41, 5.74) is 0.335. The minimum absolute atomic E-state index is 0.0341. The fourth-order valence-electron chi connectivity index (χ4n) is 1.87. The molecule has 1 saturated carbocycles. The van der Waals surface area contributed by atoms with E-state index in [1.165, 1.54) is 16.8 Å². The topological polar surface area (TPSA) is 85.4 Å². The molecule has 2 rings (SSSR count). The van der Waals surface area contributed by atoms with Crippen molar-refractivity contribution >= 4 is 15.9 Å². The fraction of sp³-hybridized carbons (Fsp3) is 0.545. The molecular formula is C11H17N3O3S. The van der Waals surface area contributed by atoms with Gasteiger partial charge >= 0.3 is 0 Å². The van der Waals surface area contributed by atoms with Gasteiger partial charge in [-0.3, -0.25) is 4.79 Å². The predicted octanol–water partition coefficient (Wildman–Crippen LogP) is 0.155. The second-order valence-electron chi connectivity index (χ2n) is 4.85. The van der Waals surface area contributed by atoms with E-state index in [0.717, 1.165) is 12.8 Å². The Morgan fingerprint density at radius 1 is 1.56 bits per heavy atom. The Morgan fingerprint density at radius 3 is 2.61 bits per heavy atom. The molecule has 2 N–H and O–H groups in total. The van der Waals surface area contributed by atoms with Crippen molar-refractivity contribution in [1.82, 2.24) is 9.47 Å². The summed E-state index contributed by atoms with van der Waals surface area (Å²) >= 11 is 0. The molecule has 1 heterocycles.